The van der Waals surface area contributed by atoms with Gasteiger partial charge in [0, 0.05) is 22.5 Å². The zero-order chi connectivity index (χ0) is 16.6. The number of aromatic carboxylic acids is 1. The fraction of sp³-hybridized carbons (Fsp3) is 0.0588. The summed E-state index contributed by atoms with van der Waals surface area (Å²) in [6.07, 6.45) is 0. The lowest BCUT2D eigenvalue weighted by Crippen LogP contribution is -1.98. The summed E-state index contributed by atoms with van der Waals surface area (Å²) in [5.41, 5.74) is 3.26. The monoisotopic (exact) mass is 346 g/mol. The molecular weight excluding hydrogens is 335 g/mol. The number of rotatable bonds is 3. The van der Waals surface area contributed by atoms with Crippen molar-refractivity contribution in [3.63, 3.8) is 0 Å². The molecular formula is C17H12Cl2N2O2. The molecule has 0 unspecified atom stereocenters. The van der Waals surface area contributed by atoms with Crippen LogP contribution in [0.4, 0.5) is 11.4 Å². The third-order valence-corrected chi connectivity index (χ3v) is 4.21. The Morgan fingerprint density at radius 1 is 1.13 bits per heavy atom. The summed E-state index contributed by atoms with van der Waals surface area (Å²) in [6, 6.07) is 12.0. The first-order valence-electron chi connectivity index (χ1n) is 6.81. The first-order chi connectivity index (χ1) is 11.0. The Balaban J connectivity index is 2.06. The van der Waals surface area contributed by atoms with E-state index in [-0.39, 0.29) is 5.56 Å². The van der Waals surface area contributed by atoms with Crippen LogP contribution in [0.1, 0.15) is 16.1 Å². The normalized spacial score (nSPS) is 10.7. The zero-order valence-corrected chi connectivity index (χ0v) is 13.6. The average Bonchev–Trinajstić information content (AvgIpc) is 2.52. The Labute approximate surface area is 142 Å². The summed E-state index contributed by atoms with van der Waals surface area (Å²) in [5, 5.41) is 13.9. The number of pyridine rings is 1. The molecule has 2 N–H and O–H groups in total. The minimum Gasteiger partial charge on any atom is -0.478 e. The molecule has 1 aromatic heterocycles. The maximum absolute atomic E-state index is 10.9. The summed E-state index contributed by atoms with van der Waals surface area (Å²) < 4.78 is 0. The van der Waals surface area contributed by atoms with Crippen LogP contribution in [0.3, 0.4) is 0 Å². The van der Waals surface area contributed by atoms with E-state index in [9.17, 15) is 4.79 Å². The van der Waals surface area contributed by atoms with Crippen molar-refractivity contribution in [2.75, 3.05) is 5.32 Å². The molecule has 23 heavy (non-hydrogen) atoms. The van der Waals surface area contributed by atoms with Crippen LogP contribution < -0.4 is 5.32 Å². The summed E-state index contributed by atoms with van der Waals surface area (Å²) in [4.78, 5) is 15.3. The molecule has 0 aliphatic rings. The summed E-state index contributed by atoms with van der Waals surface area (Å²) in [7, 11) is 0. The Morgan fingerprint density at radius 3 is 2.48 bits per heavy atom. The van der Waals surface area contributed by atoms with Crippen LogP contribution in [0.2, 0.25) is 10.0 Å². The molecule has 0 bridgehead atoms. The predicted octanol–water partition coefficient (Wildman–Crippen LogP) is 5.29. The van der Waals surface area contributed by atoms with Gasteiger partial charge in [-0.05, 0) is 49.4 Å². The molecule has 0 saturated heterocycles. The van der Waals surface area contributed by atoms with Gasteiger partial charge >= 0.3 is 5.97 Å². The van der Waals surface area contributed by atoms with Crippen molar-refractivity contribution < 1.29 is 9.90 Å². The zero-order valence-electron chi connectivity index (χ0n) is 12.1. The maximum atomic E-state index is 10.9. The van der Waals surface area contributed by atoms with Gasteiger partial charge in [-0.1, -0.05) is 23.2 Å². The Hall–Kier alpha value is -2.30. The quantitative estimate of drug-likeness (QED) is 0.676. The van der Waals surface area contributed by atoms with Crippen LogP contribution in [0.5, 0.6) is 0 Å². The van der Waals surface area contributed by atoms with Crippen LogP contribution in [-0.4, -0.2) is 16.1 Å². The lowest BCUT2D eigenvalue weighted by molar-refractivity contribution is 0.0697. The number of halogens is 2. The average molecular weight is 347 g/mol. The van der Waals surface area contributed by atoms with E-state index in [1.807, 2.05) is 19.1 Å². The fourth-order valence-corrected chi connectivity index (χ4v) is 2.68. The molecule has 0 saturated carbocycles. The van der Waals surface area contributed by atoms with Crippen LogP contribution in [0.25, 0.3) is 10.9 Å². The van der Waals surface area contributed by atoms with E-state index in [0.29, 0.717) is 15.6 Å². The van der Waals surface area contributed by atoms with Crippen molar-refractivity contribution in [3.05, 3.63) is 63.8 Å². The van der Waals surface area contributed by atoms with Gasteiger partial charge in [0.15, 0.2) is 0 Å². The molecule has 4 nitrogen and oxygen atoms in total. The number of aromatic nitrogens is 1. The van der Waals surface area contributed by atoms with E-state index in [2.05, 4.69) is 10.3 Å². The summed E-state index contributed by atoms with van der Waals surface area (Å²) >= 11 is 12.3. The topological polar surface area (TPSA) is 62.2 Å². The minimum atomic E-state index is -0.955. The van der Waals surface area contributed by atoms with Crippen LogP contribution >= 0.6 is 23.2 Å². The Bertz CT molecular complexity index is 909. The van der Waals surface area contributed by atoms with Gasteiger partial charge in [0.1, 0.15) is 0 Å². The number of anilines is 2. The van der Waals surface area contributed by atoms with Gasteiger partial charge in [-0.3, -0.25) is 4.98 Å². The number of carboxylic acids is 1. The van der Waals surface area contributed by atoms with Gasteiger partial charge in [-0.25, -0.2) is 4.79 Å². The van der Waals surface area contributed by atoms with Gasteiger partial charge in [0.25, 0.3) is 0 Å². The van der Waals surface area contributed by atoms with Crippen molar-refractivity contribution in [1.82, 2.24) is 4.98 Å². The Morgan fingerprint density at radius 2 is 1.83 bits per heavy atom. The van der Waals surface area contributed by atoms with Gasteiger partial charge in [0.05, 0.1) is 21.1 Å². The Kier molecular flexibility index (Phi) is 4.11. The van der Waals surface area contributed by atoms with Crippen molar-refractivity contribution in [2.45, 2.75) is 6.92 Å². The standard InChI is InChI=1S/C17H12Cl2N2O2/c1-9-8-14(12-6-7-13(18)15(19)16(12)20-9)21-11-4-2-10(3-5-11)17(22)23/h2-8H,1H3,(H,20,21)(H,22,23). The number of hydrogen-bond acceptors (Lipinski definition) is 3. The number of nitrogens with one attached hydrogen (secondary N) is 1. The molecule has 0 aliphatic heterocycles. The highest BCUT2D eigenvalue weighted by molar-refractivity contribution is 6.45. The highest BCUT2D eigenvalue weighted by Gasteiger charge is 2.11. The van der Waals surface area contributed by atoms with Crippen LogP contribution in [0.15, 0.2) is 42.5 Å². The predicted molar refractivity (Wildman–Crippen MR) is 93.2 cm³/mol. The molecule has 0 radical (unpaired) electrons. The third kappa shape index (κ3) is 3.09. The van der Waals surface area contributed by atoms with E-state index >= 15 is 0 Å². The fourth-order valence-electron chi connectivity index (χ4n) is 2.32. The van der Waals surface area contributed by atoms with Crippen LogP contribution in [-0.2, 0) is 0 Å². The second-order valence-corrected chi connectivity index (χ2v) is 5.86. The van der Waals surface area contributed by atoms with Gasteiger partial charge in [0.2, 0.25) is 0 Å². The third-order valence-electron chi connectivity index (χ3n) is 3.41. The van der Waals surface area contributed by atoms with E-state index in [1.54, 1.807) is 30.3 Å². The highest BCUT2D eigenvalue weighted by atomic mass is 35.5. The lowest BCUT2D eigenvalue weighted by Gasteiger charge is -2.12. The van der Waals surface area contributed by atoms with Gasteiger partial charge < -0.3 is 10.4 Å². The van der Waals surface area contributed by atoms with Crippen molar-refractivity contribution in [3.8, 4) is 0 Å². The van der Waals surface area contributed by atoms with E-state index < -0.39 is 5.97 Å². The minimum absolute atomic E-state index is 0.237. The number of benzene rings is 2. The van der Waals surface area contributed by atoms with Gasteiger partial charge in [-0.2, -0.15) is 0 Å². The molecule has 1 heterocycles. The number of aryl methyl sites for hydroxylation is 1. The summed E-state index contributed by atoms with van der Waals surface area (Å²) in [5.74, 6) is -0.955. The highest BCUT2D eigenvalue weighted by Crippen LogP contribution is 2.34. The van der Waals surface area contributed by atoms with Gasteiger partial charge in [-0.15, -0.1) is 0 Å². The molecule has 0 amide bonds. The molecule has 6 heteroatoms. The first kappa shape index (κ1) is 15.6. The van der Waals surface area contributed by atoms with Crippen molar-refractivity contribution in [2.24, 2.45) is 0 Å². The van der Waals surface area contributed by atoms with Crippen molar-refractivity contribution in [1.29, 1.82) is 0 Å². The molecule has 0 fully saturated rings. The van der Waals surface area contributed by atoms with Crippen LogP contribution in [0, 0.1) is 6.92 Å². The van der Waals surface area contributed by atoms with E-state index in [4.69, 9.17) is 28.3 Å². The summed E-state index contributed by atoms with van der Waals surface area (Å²) in [6.45, 7) is 1.87. The number of carbonyl (C=O) groups is 1. The molecule has 2 aromatic carbocycles. The smallest absolute Gasteiger partial charge is 0.335 e. The molecule has 3 aromatic rings. The number of hydrogen-bond donors (Lipinski definition) is 2. The number of nitrogens with zero attached hydrogens (tertiary/aromatic N) is 1. The second-order valence-electron chi connectivity index (χ2n) is 5.08. The SMILES string of the molecule is Cc1cc(Nc2ccc(C(=O)O)cc2)c2ccc(Cl)c(Cl)c2n1. The largest absolute Gasteiger partial charge is 0.478 e. The molecule has 3 rings (SSSR count). The molecule has 116 valence electrons. The van der Waals surface area contributed by atoms with E-state index in [0.717, 1.165) is 22.5 Å². The first-order valence-corrected chi connectivity index (χ1v) is 7.57. The number of fused-ring (bicyclic) bond motifs is 1. The van der Waals surface area contributed by atoms with E-state index in [1.165, 1.54) is 0 Å². The van der Waals surface area contributed by atoms with Crippen molar-refractivity contribution >= 4 is 51.4 Å². The molecule has 0 aliphatic carbocycles. The molecule has 0 atom stereocenters. The maximum Gasteiger partial charge on any atom is 0.335 e. The number of carboxylic acid groups (broad SMARTS) is 1. The lowest BCUT2D eigenvalue weighted by atomic mass is 10.1. The molecule has 0 spiro atoms. The second kappa shape index (κ2) is 6.07.